The minimum absolute atomic E-state index is 0.0173. The molecule has 7 nitrogen and oxygen atoms in total. The number of carbonyl (C=O) groups excluding carboxylic acids is 1. The highest BCUT2D eigenvalue weighted by Crippen LogP contribution is 2.26. The number of benzene rings is 1. The Bertz CT molecular complexity index is 621. The van der Waals surface area contributed by atoms with Crippen LogP contribution in [0.3, 0.4) is 0 Å². The highest BCUT2D eigenvalue weighted by molar-refractivity contribution is 5.68. The van der Waals surface area contributed by atoms with Gasteiger partial charge in [-0.2, -0.15) is 0 Å². The van der Waals surface area contributed by atoms with E-state index in [2.05, 4.69) is 0 Å². The van der Waals surface area contributed by atoms with Gasteiger partial charge < -0.3 is 14.4 Å². The molecule has 0 aromatic heterocycles. The van der Waals surface area contributed by atoms with Crippen molar-refractivity contribution in [2.45, 2.75) is 45.3 Å². The summed E-state index contributed by atoms with van der Waals surface area (Å²) in [7, 11) is 0. The molecule has 1 aromatic rings. The number of non-ortho nitro benzene ring substituents is 1. The van der Waals surface area contributed by atoms with Crippen LogP contribution in [0, 0.1) is 15.9 Å². The fourth-order valence-electron chi connectivity index (χ4n) is 2.36. The minimum Gasteiger partial charge on any atom is -0.487 e. The average Bonchev–Trinajstić information content (AvgIpc) is 2.48. The summed E-state index contributed by atoms with van der Waals surface area (Å²) < 4.78 is 24.7. The molecule has 8 heteroatoms. The lowest BCUT2D eigenvalue weighted by atomic mass is 10.1. The summed E-state index contributed by atoms with van der Waals surface area (Å²) in [6.07, 6.45) is 0.452. The van der Waals surface area contributed by atoms with Crippen LogP contribution in [0.2, 0.25) is 0 Å². The topological polar surface area (TPSA) is 81.9 Å². The van der Waals surface area contributed by atoms with Crippen LogP contribution in [0.1, 0.15) is 33.6 Å². The Morgan fingerprint density at radius 2 is 1.96 bits per heavy atom. The molecule has 2 rings (SSSR count). The van der Waals surface area contributed by atoms with Crippen molar-refractivity contribution in [1.29, 1.82) is 0 Å². The summed E-state index contributed by atoms with van der Waals surface area (Å²) in [5.74, 6) is -0.782. The van der Waals surface area contributed by atoms with Gasteiger partial charge in [-0.05, 0) is 26.8 Å². The first-order valence-electron chi connectivity index (χ1n) is 7.74. The van der Waals surface area contributed by atoms with Crippen molar-refractivity contribution < 1.29 is 23.6 Å². The molecular weight excluding hydrogens is 319 g/mol. The first-order valence-corrected chi connectivity index (χ1v) is 7.74. The van der Waals surface area contributed by atoms with Crippen LogP contribution in [0.15, 0.2) is 18.2 Å². The predicted octanol–water partition coefficient (Wildman–Crippen LogP) is 3.51. The van der Waals surface area contributed by atoms with Gasteiger partial charge in [-0.15, -0.1) is 0 Å². The number of carbonyl (C=O) groups is 1. The molecule has 0 saturated carbocycles. The van der Waals surface area contributed by atoms with Crippen LogP contribution in [0.5, 0.6) is 5.75 Å². The number of nitrogens with zero attached hydrogens (tertiary/aromatic N) is 2. The number of piperidine rings is 1. The summed E-state index contributed by atoms with van der Waals surface area (Å²) in [4.78, 5) is 23.5. The van der Waals surface area contributed by atoms with Crippen LogP contribution >= 0.6 is 0 Å². The predicted molar refractivity (Wildman–Crippen MR) is 84.5 cm³/mol. The number of halogens is 1. The molecule has 1 aliphatic rings. The van der Waals surface area contributed by atoms with E-state index in [-0.39, 0.29) is 23.6 Å². The molecule has 0 spiro atoms. The lowest BCUT2D eigenvalue weighted by Crippen LogP contribution is -2.44. The quantitative estimate of drug-likeness (QED) is 0.621. The van der Waals surface area contributed by atoms with Crippen LogP contribution in [0.25, 0.3) is 0 Å². The molecule has 0 unspecified atom stereocenters. The fraction of sp³-hybridized carbons (Fsp3) is 0.562. The van der Waals surface area contributed by atoms with E-state index < -0.39 is 16.3 Å². The van der Waals surface area contributed by atoms with Gasteiger partial charge in [0.2, 0.25) is 0 Å². The molecule has 0 atom stereocenters. The Labute approximate surface area is 139 Å². The van der Waals surface area contributed by atoms with Gasteiger partial charge in [0.1, 0.15) is 11.7 Å². The molecule has 24 heavy (non-hydrogen) atoms. The third kappa shape index (κ3) is 4.81. The highest BCUT2D eigenvalue weighted by atomic mass is 19.1. The Morgan fingerprint density at radius 3 is 2.46 bits per heavy atom. The second-order valence-corrected chi connectivity index (χ2v) is 6.66. The fourth-order valence-corrected chi connectivity index (χ4v) is 2.36. The summed E-state index contributed by atoms with van der Waals surface area (Å²) in [6.45, 7) is 6.32. The van der Waals surface area contributed by atoms with Crippen LogP contribution < -0.4 is 4.74 Å². The van der Waals surface area contributed by atoms with E-state index in [0.717, 1.165) is 6.07 Å². The van der Waals surface area contributed by atoms with Crippen molar-refractivity contribution in [2.75, 3.05) is 13.1 Å². The van der Waals surface area contributed by atoms with Crippen molar-refractivity contribution in [1.82, 2.24) is 4.90 Å². The third-order valence-electron chi connectivity index (χ3n) is 3.51. The maximum atomic E-state index is 13.8. The third-order valence-corrected chi connectivity index (χ3v) is 3.51. The van der Waals surface area contributed by atoms with Gasteiger partial charge in [0, 0.05) is 32.0 Å². The van der Waals surface area contributed by atoms with Crippen molar-refractivity contribution in [3.8, 4) is 5.75 Å². The average molecular weight is 340 g/mol. The molecule has 1 fully saturated rings. The molecule has 1 amide bonds. The molecule has 1 aliphatic heterocycles. The zero-order chi connectivity index (χ0) is 17.9. The maximum absolute atomic E-state index is 13.8. The van der Waals surface area contributed by atoms with Gasteiger partial charge in [0.25, 0.3) is 5.69 Å². The highest BCUT2D eigenvalue weighted by Gasteiger charge is 2.28. The van der Waals surface area contributed by atoms with E-state index in [4.69, 9.17) is 9.47 Å². The van der Waals surface area contributed by atoms with E-state index in [9.17, 15) is 19.3 Å². The van der Waals surface area contributed by atoms with Crippen LogP contribution in [-0.2, 0) is 4.74 Å². The monoisotopic (exact) mass is 340 g/mol. The number of nitro benzene ring substituents is 1. The van der Waals surface area contributed by atoms with Crippen LogP contribution in [-0.4, -0.2) is 40.7 Å². The largest absolute Gasteiger partial charge is 0.487 e. The molecule has 132 valence electrons. The van der Waals surface area contributed by atoms with Gasteiger partial charge in [-0.3, -0.25) is 10.1 Å². The van der Waals surface area contributed by atoms with E-state index in [1.807, 2.05) is 0 Å². The SMILES string of the molecule is CC(C)(C)OC(=O)N1CCC(Oc2ccc([N+](=O)[O-])cc2F)CC1. The number of hydrogen-bond acceptors (Lipinski definition) is 5. The van der Waals surface area contributed by atoms with Gasteiger partial charge in [-0.1, -0.05) is 0 Å². The van der Waals surface area contributed by atoms with Gasteiger partial charge >= 0.3 is 6.09 Å². The van der Waals surface area contributed by atoms with E-state index in [1.165, 1.54) is 12.1 Å². The summed E-state index contributed by atoms with van der Waals surface area (Å²) >= 11 is 0. The Balaban J connectivity index is 1.89. The van der Waals surface area contributed by atoms with Crippen molar-refractivity contribution in [3.63, 3.8) is 0 Å². The summed E-state index contributed by atoms with van der Waals surface area (Å²) in [5, 5.41) is 10.6. The number of likely N-dealkylation sites (tertiary alicyclic amines) is 1. The van der Waals surface area contributed by atoms with Crippen molar-refractivity contribution in [2.24, 2.45) is 0 Å². The standard InChI is InChI=1S/C16H21FN2O5/c1-16(2,3)24-15(20)18-8-6-12(7-9-18)23-14-5-4-11(19(21)22)10-13(14)17/h4-5,10,12H,6-9H2,1-3H3. The van der Waals surface area contributed by atoms with E-state index in [0.29, 0.717) is 25.9 Å². The summed E-state index contributed by atoms with van der Waals surface area (Å²) in [6, 6.07) is 3.30. The molecule has 0 radical (unpaired) electrons. The van der Waals surface area contributed by atoms with E-state index in [1.54, 1.807) is 25.7 Å². The van der Waals surface area contributed by atoms with Crippen molar-refractivity contribution >= 4 is 11.8 Å². The van der Waals surface area contributed by atoms with Crippen LogP contribution in [0.4, 0.5) is 14.9 Å². The second-order valence-electron chi connectivity index (χ2n) is 6.66. The zero-order valence-electron chi connectivity index (χ0n) is 14.0. The Hall–Kier alpha value is -2.38. The van der Waals surface area contributed by atoms with Gasteiger partial charge in [0.05, 0.1) is 11.0 Å². The van der Waals surface area contributed by atoms with Crippen molar-refractivity contribution in [3.05, 3.63) is 34.1 Å². The number of rotatable bonds is 3. The lowest BCUT2D eigenvalue weighted by molar-refractivity contribution is -0.385. The molecular formula is C16H21FN2O5. The normalized spacial score (nSPS) is 15.9. The Morgan fingerprint density at radius 1 is 1.33 bits per heavy atom. The Kier molecular flexibility index (Phi) is 5.26. The number of ether oxygens (including phenoxy) is 2. The number of hydrogen-bond donors (Lipinski definition) is 0. The number of amides is 1. The lowest BCUT2D eigenvalue weighted by Gasteiger charge is -2.33. The molecule has 0 bridgehead atoms. The number of nitro groups is 1. The molecule has 0 N–H and O–H groups in total. The van der Waals surface area contributed by atoms with E-state index >= 15 is 0 Å². The van der Waals surface area contributed by atoms with Gasteiger partial charge in [0.15, 0.2) is 11.6 Å². The zero-order valence-corrected chi connectivity index (χ0v) is 14.0. The molecule has 1 saturated heterocycles. The molecule has 0 aliphatic carbocycles. The first kappa shape index (κ1) is 18.0. The summed E-state index contributed by atoms with van der Waals surface area (Å²) in [5.41, 5.74) is -0.869. The maximum Gasteiger partial charge on any atom is 0.410 e. The second kappa shape index (κ2) is 7.02. The molecule has 1 heterocycles. The minimum atomic E-state index is -0.765. The van der Waals surface area contributed by atoms with Gasteiger partial charge in [-0.25, -0.2) is 9.18 Å². The smallest absolute Gasteiger partial charge is 0.410 e. The first-order chi connectivity index (χ1) is 11.2. The molecule has 1 aromatic carbocycles.